The number of rotatable bonds is 5. The second-order valence-corrected chi connectivity index (χ2v) is 7.63. The number of hydrogen-bond acceptors (Lipinski definition) is 4. The molecule has 3 atom stereocenters. The zero-order valence-corrected chi connectivity index (χ0v) is 16.9. The summed E-state index contributed by atoms with van der Waals surface area (Å²) >= 11 is 0. The number of nitrogens with zero attached hydrogens (tertiary/aromatic N) is 1. The molecule has 170 valence electrons. The third-order valence-electron chi connectivity index (χ3n) is 5.32. The summed E-state index contributed by atoms with van der Waals surface area (Å²) in [5.74, 6) is -0.00232. The molecular weight excluding hydrogens is 415 g/mol. The molecule has 31 heavy (non-hydrogen) atoms. The maximum atomic E-state index is 12.6. The van der Waals surface area contributed by atoms with Crippen molar-refractivity contribution in [3.63, 3.8) is 0 Å². The zero-order valence-electron chi connectivity index (χ0n) is 16.9. The van der Waals surface area contributed by atoms with Gasteiger partial charge in [0.1, 0.15) is 6.10 Å². The van der Waals surface area contributed by atoms with Crippen molar-refractivity contribution >= 4 is 17.6 Å². The van der Waals surface area contributed by atoms with Crippen LogP contribution >= 0.6 is 0 Å². The van der Waals surface area contributed by atoms with Crippen LogP contribution in [-0.4, -0.2) is 59.9 Å². The average molecular weight is 441 g/mol. The van der Waals surface area contributed by atoms with Crippen molar-refractivity contribution in [2.45, 2.75) is 50.1 Å². The summed E-state index contributed by atoms with van der Waals surface area (Å²) in [5.41, 5.74) is -0.621. The van der Waals surface area contributed by atoms with Crippen molar-refractivity contribution in [1.82, 2.24) is 10.2 Å². The van der Waals surface area contributed by atoms with E-state index in [-0.39, 0.29) is 24.6 Å². The minimum atomic E-state index is -4.45. The molecule has 3 amide bonds. The fourth-order valence-corrected chi connectivity index (χ4v) is 3.64. The average Bonchev–Trinajstić information content (AvgIpc) is 2.75. The number of anilines is 1. The second-order valence-electron chi connectivity index (χ2n) is 7.63. The Bertz CT molecular complexity index is 792. The second kappa shape index (κ2) is 10.1. The van der Waals surface area contributed by atoms with E-state index >= 15 is 0 Å². The van der Waals surface area contributed by atoms with Gasteiger partial charge in [0.15, 0.2) is 0 Å². The highest BCUT2D eigenvalue weighted by Gasteiger charge is 2.31. The summed E-state index contributed by atoms with van der Waals surface area (Å²) in [6.45, 7) is 1.12. The molecule has 0 bridgehead atoms. The van der Waals surface area contributed by atoms with Crippen molar-refractivity contribution < 1.29 is 32.6 Å². The van der Waals surface area contributed by atoms with Gasteiger partial charge in [-0.25, -0.2) is 4.79 Å². The number of likely N-dealkylation sites (tertiary alicyclic amines) is 1. The molecule has 2 heterocycles. The molecule has 7 nitrogen and oxygen atoms in total. The first-order valence-electron chi connectivity index (χ1n) is 10.2. The molecule has 0 radical (unpaired) electrons. The number of aliphatic hydroxyl groups is 1. The monoisotopic (exact) mass is 441 g/mol. The number of benzene rings is 1. The van der Waals surface area contributed by atoms with E-state index in [1.807, 2.05) is 4.90 Å². The number of carbonyl (C=O) groups is 2. The normalized spacial score (nSPS) is 24.0. The van der Waals surface area contributed by atoms with Crippen LogP contribution in [0.15, 0.2) is 36.4 Å². The van der Waals surface area contributed by atoms with Crippen LogP contribution in [0.3, 0.4) is 0 Å². The molecule has 3 N–H and O–H groups in total. The predicted octanol–water partition coefficient (Wildman–Crippen LogP) is 2.91. The topological polar surface area (TPSA) is 90.9 Å². The van der Waals surface area contributed by atoms with Crippen LogP contribution in [0.25, 0.3) is 0 Å². The SMILES string of the molecule is O=C(Nc1ccc(C(F)(F)F)cc1)N[C@@H]1C=C[C@H](CC(=O)N2CCCCC2)O[C@H]1CO. The number of amides is 3. The van der Waals surface area contributed by atoms with Gasteiger partial charge in [-0.15, -0.1) is 0 Å². The summed E-state index contributed by atoms with van der Waals surface area (Å²) < 4.78 is 43.6. The lowest BCUT2D eigenvalue weighted by Crippen LogP contribution is -2.50. The predicted molar refractivity (Wildman–Crippen MR) is 107 cm³/mol. The number of halogens is 3. The number of nitrogens with one attached hydrogen (secondary N) is 2. The van der Waals surface area contributed by atoms with Crippen LogP contribution in [0.2, 0.25) is 0 Å². The number of alkyl halides is 3. The van der Waals surface area contributed by atoms with Crippen LogP contribution in [0.5, 0.6) is 0 Å². The standard InChI is InChI=1S/C21H26F3N3O4/c22-21(23,24)14-4-6-15(7-5-14)25-20(30)26-17-9-8-16(31-18(17)13-28)12-19(29)27-10-2-1-3-11-27/h4-9,16-18,28H,1-3,10-13H2,(H2,25,26,30)/t16-,17-,18+/m1/s1. The molecule has 0 spiro atoms. The molecule has 1 aromatic carbocycles. The molecular formula is C21H26F3N3O4. The lowest BCUT2D eigenvalue weighted by molar-refractivity contribution is -0.138. The smallest absolute Gasteiger partial charge is 0.394 e. The number of urea groups is 1. The first kappa shape index (κ1) is 23.1. The molecule has 3 rings (SSSR count). The molecule has 1 fully saturated rings. The number of hydrogen-bond donors (Lipinski definition) is 3. The Kier molecular flexibility index (Phi) is 7.55. The van der Waals surface area contributed by atoms with Crippen molar-refractivity contribution in [3.05, 3.63) is 42.0 Å². The Balaban J connectivity index is 1.53. The first-order valence-corrected chi connectivity index (χ1v) is 10.2. The highest BCUT2D eigenvalue weighted by molar-refractivity contribution is 5.89. The molecule has 0 unspecified atom stereocenters. The van der Waals surface area contributed by atoms with Crippen molar-refractivity contribution in [2.24, 2.45) is 0 Å². The van der Waals surface area contributed by atoms with E-state index in [1.54, 1.807) is 12.2 Å². The number of carbonyl (C=O) groups excluding carboxylic acids is 2. The van der Waals surface area contributed by atoms with Gasteiger partial charge in [-0.05, 0) is 43.5 Å². The van der Waals surface area contributed by atoms with E-state index in [9.17, 15) is 27.9 Å². The maximum Gasteiger partial charge on any atom is 0.416 e. The highest BCUT2D eigenvalue weighted by Crippen LogP contribution is 2.29. The van der Waals surface area contributed by atoms with Gasteiger partial charge in [-0.3, -0.25) is 4.79 Å². The first-order chi connectivity index (χ1) is 14.8. The molecule has 0 saturated carbocycles. The van der Waals surface area contributed by atoms with Gasteiger partial charge >= 0.3 is 12.2 Å². The largest absolute Gasteiger partial charge is 0.416 e. The molecule has 0 aliphatic carbocycles. The number of aliphatic hydroxyl groups excluding tert-OH is 1. The van der Waals surface area contributed by atoms with Crippen LogP contribution in [0, 0.1) is 0 Å². The van der Waals surface area contributed by atoms with Crippen LogP contribution in [0.1, 0.15) is 31.2 Å². The minimum absolute atomic E-state index is 0.00232. The van der Waals surface area contributed by atoms with E-state index < -0.39 is 36.0 Å². The van der Waals surface area contributed by atoms with E-state index in [1.165, 1.54) is 0 Å². The molecule has 0 aromatic heterocycles. The number of piperidine rings is 1. The van der Waals surface area contributed by atoms with Crippen molar-refractivity contribution in [2.75, 3.05) is 25.0 Å². The van der Waals surface area contributed by atoms with Gasteiger partial charge in [0.2, 0.25) is 5.91 Å². The van der Waals surface area contributed by atoms with Gasteiger partial charge in [0.25, 0.3) is 0 Å². The summed E-state index contributed by atoms with van der Waals surface area (Å²) in [7, 11) is 0. The molecule has 2 aliphatic heterocycles. The molecule has 2 aliphatic rings. The highest BCUT2D eigenvalue weighted by atomic mass is 19.4. The van der Waals surface area contributed by atoms with E-state index in [4.69, 9.17) is 4.74 Å². The fourth-order valence-electron chi connectivity index (χ4n) is 3.64. The Morgan fingerprint density at radius 2 is 1.77 bits per heavy atom. The molecule has 1 aromatic rings. The van der Waals surface area contributed by atoms with Gasteiger partial charge in [-0.2, -0.15) is 13.2 Å². The lowest BCUT2D eigenvalue weighted by atomic mass is 10.0. The summed E-state index contributed by atoms with van der Waals surface area (Å²) in [4.78, 5) is 26.4. The van der Waals surface area contributed by atoms with E-state index in [0.717, 1.165) is 56.6 Å². The van der Waals surface area contributed by atoms with Gasteiger partial charge in [0.05, 0.1) is 30.7 Å². The van der Waals surface area contributed by atoms with Crippen molar-refractivity contribution in [3.8, 4) is 0 Å². The van der Waals surface area contributed by atoms with Crippen LogP contribution < -0.4 is 10.6 Å². The van der Waals surface area contributed by atoms with E-state index in [2.05, 4.69) is 10.6 Å². The molecule has 10 heteroatoms. The summed E-state index contributed by atoms with van der Waals surface area (Å²) in [6, 6.07) is 2.75. The Morgan fingerprint density at radius 3 is 2.39 bits per heavy atom. The van der Waals surface area contributed by atoms with Gasteiger partial charge < -0.3 is 25.4 Å². The maximum absolute atomic E-state index is 12.6. The van der Waals surface area contributed by atoms with Crippen LogP contribution in [0.4, 0.5) is 23.7 Å². The third kappa shape index (κ3) is 6.44. The summed E-state index contributed by atoms with van der Waals surface area (Å²) in [5, 5.41) is 14.7. The van der Waals surface area contributed by atoms with Gasteiger partial charge in [0, 0.05) is 18.8 Å². The third-order valence-corrected chi connectivity index (χ3v) is 5.32. The summed E-state index contributed by atoms with van der Waals surface area (Å²) in [6.07, 6.45) is 0.909. The zero-order chi connectivity index (χ0) is 22.4. The molecule has 1 saturated heterocycles. The quantitative estimate of drug-likeness (QED) is 0.613. The Labute approximate surface area is 178 Å². The minimum Gasteiger partial charge on any atom is -0.394 e. The van der Waals surface area contributed by atoms with Crippen LogP contribution in [-0.2, 0) is 15.7 Å². The number of ether oxygens (including phenoxy) is 1. The van der Waals surface area contributed by atoms with Gasteiger partial charge in [-0.1, -0.05) is 12.2 Å². The van der Waals surface area contributed by atoms with Crippen molar-refractivity contribution in [1.29, 1.82) is 0 Å². The fraction of sp³-hybridized carbons (Fsp3) is 0.524. The lowest BCUT2D eigenvalue weighted by Gasteiger charge is -2.33. The van der Waals surface area contributed by atoms with E-state index in [0.29, 0.717) is 0 Å². The Morgan fingerprint density at radius 1 is 1.10 bits per heavy atom. The Hall–Kier alpha value is -2.59.